The molecule has 146 valence electrons. The van der Waals surface area contributed by atoms with E-state index in [1.165, 1.54) is 47.0 Å². The van der Waals surface area contributed by atoms with Gasteiger partial charge in [-0.3, -0.25) is 4.79 Å². The van der Waals surface area contributed by atoms with Crippen molar-refractivity contribution in [3.05, 3.63) is 45.1 Å². The van der Waals surface area contributed by atoms with E-state index in [2.05, 4.69) is 21.2 Å². The smallest absolute Gasteiger partial charge is 0.248 e. The van der Waals surface area contributed by atoms with Crippen LogP contribution in [0, 0.1) is 0 Å². The number of halogens is 1. The standard InChI is InChI=1S/C18H21BrN2O4S2/c1-4-21(5-2)27(23,24)14-8-9-16(25-3)15(12-14)20-18(22)11-7-13-6-10-17(19)26-13/h6-12H,4-5H2,1-3H3,(H,20,22)/b11-7+. The van der Waals surface area contributed by atoms with Gasteiger partial charge in [0, 0.05) is 24.0 Å². The summed E-state index contributed by atoms with van der Waals surface area (Å²) in [7, 11) is -2.17. The van der Waals surface area contributed by atoms with Gasteiger partial charge in [0.25, 0.3) is 0 Å². The molecule has 0 saturated heterocycles. The van der Waals surface area contributed by atoms with Gasteiger partial charge in [-0.15, -0.1) is 11.3 Å². The number of hydrogen-bond acceptors (Lipinski definition) is 5. The summed E-state index contributed by atoms with van der Waals surface area (Å²) >= 11 is 4.87. The Morgan fingerprint density at radius 2 is 1.96 bits per heavy atom. The molecule has 0 bridgehead atoms. The maximum Gasteiger partial charge on any atom is 0.248 e. The fourth-order valence-corrected chi connectivity index (χ4v) is 5.22. The molecule has 1 aromatic heterocycles. The Hall–Kier alpha value is -1.68. The molecular formula is C18H21BrN2O4S2. The van der Waals surface area contributed by atoms with E-state index in [0.29, 0.717) is 24.5 Å². The van der Waals surface area contributed by atoms with Gasteiger partial charge < -0.3 is 10.1 Å². The highest BCUT2D eigenvalue weighted by Crippen LogP contribution is 2.29. The summed E-state index contributed by atoms with van der Waals surface area (Å²) in [6.45, 7) is 4.29. The van der Waals surface area contributed by atoms with Crippen LogP contribution in [0.2, 0.25) is 0 Å². The molecule has 0 aliphatic rings. The van der Waals surface area contributed by atoms with E-state index in [1.54, 1.807) is 19.9 Å². The molecule has 2 aromatic rings. The number of carbonyl (C=O) groups is 1. The Balaban J connectivity index is 2.27. The SMILES string of the molecule is CCN(CC)S(=O)(=O)c1ccc(OC)c(NC(=O)/C=C/c2ccc(Br)s2)c1. The zero-order valence-electron chi connectivity index (χ0n) is 15.2. The van der Waals surface area contributed by atoms with E-state index in [-0.39, 0.29) is 10.8 Å². The molecule has 0 unspecified atom stereocenters. The van der Waals surface area contributed by atoms with Crippen LogP contribution < -0.4 is 10.1 Å². The van der Waals surface area contributed by atoms with Crippen molar-refractivity contribution in [3.63, 3.8) is 0 Å². The molecule has 1 aromatic carbocycles. The molecule has 6 nitrogen and oxygen atoms in total. The summed E-state index contributed by atoms with van der Waals surface area (Å²) in [4.78, 5) is 13.3. The maximum atomic E-state index is 12.7. The molecule has 1 N–H and O–H groups in total. The van der Waals surface area contributed by atoms with E-state index in [1.807, 2.05) is 12.1 Å². The summed E-state index contributed by atoms with van der Waals surface area (Å²) in [6, 6.07) is 8.20. The Morgan fingerprint density at radius 1 is 1.26 bits per heavy atom. The van der Waals surface area contributed by atoms with Gasteiger partial charge in [0.15, 0.2) is 0 Å². The second kappa shape index (κ2) is 9.50. The van der Waals surface area contributed by atoms with Gasteiger partial charge in [0.1, 0.15) is 5.75 Å². The molecule has 0 spiro atoms. The third-order valence-corrected chi connectivity index (χ3v) is 7.40. The molecule has 1 heterocycles. The zero-order chi connectivity index (χ0) is 20.0. The van der Waals surface area contributed by atoms with Crippen LogP contribution in [0.3, 0.4) is 0 Å². The summed E-state index contributed by atoms with van der Waals surface area (Å²) in [5, 5.41) is 2.69. The first-order valence-electron chi connectivity index (χ1n) is 8.24. The molecule has 0 radical (unpaired) electrons. The van der Waals surface area contributed by atoms with E-state index in [9.17, 15) is 13.2 Å². The van der Waals surface area contributed by atoms with Gasteiger partial charge >= 0.3 is 0 Å². The average Bonchev–Trinajstić information content (AvgIpc) is 3.06. The van der Waals surface area contributed by atoms with Crippen molar-refractivity contribution in [3.8, 4) is 5.75 Å². The number of nitrogens with one attached hydrogen (secondary N) is 1. The number of methoxy groups -OCH3 is 1. The Bertz CT molecular complexity index is 935. The molecule has 27 heavy (non-hydrogen) atoms. The summed E-state index contributed by atoms with van der Waals surface area (Å²) < 4.78 is 33.0. The molecule has 0 atom stereocenters. The van der Waals surface area contributed by atoms with Gasteiger partial charge in [0.2, 0.25) is 15.9 Å². The maximum absolute atomic E-state index is 12.7. The number of amides is 1. The number of nitrogens with zero attached hydrogens (tertiary/aromatic N) is 1. The van der Waals surface area contributed by atoms with Gasteiger partial charge in [-0.2, -0.15) is 4.31 Å². The minimum atomic E-state index is -3.63. The fraction of sp³-hybridized carbons (Fsp3) is 0.278. The van der Waals surface area contributed by atoms with Gasteiger partial charge in [-0.05, 0) is 52.3 Å². The van der Waals surface area contributed by atoms with Crippen LogP contribution in [0.5, 0.6) is 5.75 Å². The van der Waals surface area contributed by atoms with Crippen LogP contribution in [0.1, 0.15) is 18.7 Å². The number of rotatable bonds is 8. The lowest BCUT2D eigenvalue weighted by Crippen LogP contribution is -2.30. The average molecular weight is 473 g/mol. The molecule has 0 fully saturated rings. The van der Waals surface area contributed by atoms with Crippen LogP contribution in [0.4, 0.5) is 5.69 Å². The summed E-state index contributed by atoms with van der Waals surface area (Å²) in [5.74, 6) is 0.00400. The van der Waals surface area contributed by atoms with E-state index < -0.39 is 10.0 Å². The van der Waals surface area contributed by atoms with Crippen molar-refractivity contribution >= 4 is 55.0 Å². The Morgan fingerprint density at radius 3 is 2.52 bits per heavy atom. The molecular weight excluding hydrogens is 452 g/mol. The first kappa shape index (κ1) is 21.6. The lowest BCUT2D eigenvalue weighted by atomic mass is 10.3. The van der Waals surface area contributed by atoms with Crippen molar-refractivity contribution in [2.45, 2.75) is 18.7 Å². The number of sulfonamides is 1. The Kier molecular flexibility index (Phi) is 7.60. The fourth-order valence-electron chi connectivity index (χ4n) is 2.41. The zero-order valence-corrected chi connectivity index (χ0v) is 18.4. The van der Waals surface area contributed by atoms with Gasteiger partial charge in [-0.1, -0.05) is 13.8 Å². The number of anilines is 1. The number of hydrogen-bond donors (Lipinski definition) is 1. The summed E-state index contributed by atoms with van der Waals surface area (Å²) in [5.41, 5.74) is 0.299. The predicted octanol–water partition coefficient (Wildman–Crippen LogP) is 4.20. The first-order valence-corrected chi connectivity index (χ1v) is 11.3. The normalized spacial score (nSPS) is 11.9. The highest BCUT2D eigenvalue weighted by atomic mass is 79.9. The van der Waals surface area contributed by atoms with Crippen molar-refractivity contribution in [2.24, 2.45) is 0 Å². The first-order chi connectivity index (χ1) is 12.8. The molecule has 9 heteroatoms. The van der Waals surface area contributed by atoms with Crippen molar-refractivity contribution in [2.75, 3.05) is 25.5 Å². The van der Waals surface area contributed by atoms with Crippen LogP contribution in [-0.2, 0) is 14.8 Å². The van der Waals surface area contributed by atoms with Crippen LogP contribution in [-0.4, -0.2) is 38.8 Å². The minimum absolute atomic E-state index is 0.105. The van der Waals surface area contributed by atoms with Crippen molar-refractivity contribution in [1.29, 1.82) is 0 Å². The number of thiophene rings is 1. The second-order valence-corrected chi connectivity index (χ2v) is 9.85. The lowest BCUT2D eigenvalue weighted by Gasteiger charge is -2.19. The van der Waals surface area contributed by atoms with Gasteiger partial charge in [0.05, 0.1) is 21.5 Å². The topological polar surface area (TPSA) is 75.7 Å². The summed E-state index contributed by atoms with van der Waals surface area (Å²) in [6.07, 6.45) is 3.08. The molecule has 0 aliphatic carbocycles. The molecule has 2 rings (SSSR count). The van der Waals surface area contributed by atoms with Crippen molar-refractivity contribution < 1.29 is 17.9 Å². The monoisotopic (exact) mass is 472 g/mol. The van der Waals surface area contributed by atoms with E-state index in [0.717, 1.165) is 8.66 Å². The minimum Gasteiger partial charge on any atom is -0.495 e. The predicted molar refractivity (Wildman–Crippen MR) is 113 cm³/mol. The number of ether oxygens (including phenoxy) is 1. The van der Waals surface area contributed by atoms with E-state index >= 15 is 0 Å². The molecule has 0 aliphatic heterocycles. The molecule has 0 saturated carbocycles. The van der Waals surface area contributed by atoms with Crippen LogP contribution in [0.25, 0.3) is 6.08 Å². The highest BCUT2D eigenvalue weighted by Gasteiger charge is 2.23. The Labute approximate surface area is 172 Å². The van der Waals surface area contributed by atoms with Gasteiger partial charge in [-0.25, -0.2) is 8.42 Å². The molecule has 1 amide bonds. The van der Waals surface area contributed by atoms with Crippen LogP contribution >= 0.6 is 27.3 Å². The lowest BCUT2D eigenvalue weighted by molar-refractivity contribution is -0.111. The van der Waals surface area contributed by atoms with E-state index in [4.69, 9.17) is 4.74 Å². The van der Waals surface area contributed by atoms with Crippen LogP contribution in [0.15, 0.2) is 45.1 Å². The number of benzene rings is 1. The third kappa shape index (κ3) is 5.41. The largest absolute Gasteiger partial charge is 0.495 e. The quantitative estimate of drug-likeness (QED) is 0.583. The number of carbonyl (C=O) groups excluding carboxylic acids is 1. The second-order valence-electron chi connectivity index (χ2n) is 5.42. The highest BCUT2D eigenvalue weighted by molar-refractivity contribution is 9.11. The third-order valence-electron chi connectivity index (χ3n) is 3.76. The van der Waals surface area contributed by atoms with Crippen molar-refractivity contribution in [1.82, 2.24) is 4.31 Å².